The van der Waals surface area contributed by atoms with Gasteiger partial charge in [-0.05, 0) is 24.5 Å². The lowest BCUT2D eigenvalue weighted by molar-refractivity contribution is -0.138. The fourth-order valence-electron chi connectivity index (χ4n) is 2.19. The Kier molecular flexibility index (Phi) is 6.02. The first kappa shape index (κ1) is 17.0. The number of aliphatic hydroxyl groups is 1. The zero-order chi connectivity index (χ0) is 15.2. The first-order valence-corrected chi connectivity index (χ1v) is 6.85. The number of halogens is 3. The summed E-state index contributed by atoms with van der Waals surface area (Å²) in [5, 5.41) is 12.5. The van der Waals surface area contributed by atoms with Gasteiger partial charge in [-0.15, -0.1) is 0 Å². The van der Waals surface area contributed by atoms with Gasteiger partial charge in [0.05, 0.1) is 5.56 Å². The van der Waals surface area contributed by atoms with E-state index < -0.39 is 11.7 Å². The minimum Gasteiger partial charge on any atom is -0.396 e. The van der Waals surface area contributed by atoms with Gasteiger partial charge in [0.1, 0.15) is 0 Å². The minimum atomic E-state index is -4.33. The quantitative estimate of drug-likeness (QED) is 0.804. The molecule has 0 heterocycles. The van der Waals surface area contributed by atoms with E-state index in [1.165, 1.54) is 12.1 Å². The molecule has 20 heavy (non-hydrogen) atoms. The van der Waals surface area contributed by atoms with E-state index in [9.17, 15) is 18.3 Å². The molecule has 0 bridgehead atoms. The number of hydrogen-bond donors (Lipinski definition) is 2. The van der Waals surface area contributed by atoms with Gasteiger partial charge in [0, 0.05) is 25.1 Å². The third-order valence-corrected chi connectivity index (χ3v) is 3.97. The number of nitrogens with one attached hydrogen (secondary N) is 1. The maximum absolute atomic E-state index is 12.8. The zero-order valence-electron chi connectivity index (χ0n) is 11.9. The van der Waals surface area contributed by atoms with Crippen molar-refractivity contribution in [2.75, 3.05) is 13.2 Å². The number of benzene rings is 1. The number of rotatable bonds is 7. The van der Waals surface area contributed by atoms with Crippen molar-refractivity contribution in [3.63, 3.8) is 0 Å². The Balaban J connectivity index is 2.72. The fourth-order valence-corrected chi connectivity index (χ4v) is 2.19. The van der Waals surface area contributed by atoms with Crippen LogP contribution < -0.4 is 5.32 Å². The van der Waals surface area contributed by atoms with Crippen LogP contribution in [0.4, 0.5) is 13.2 Å². The Hall–Kier alpha value is -1.07. The summed E-state index contributed by atoms with van der Waals surface area (Å²) >= 11 is 0. The smallest absolute Gasteiger partial charge is 0.396 e. The summed E-state index contributed by atoms with van der Waals surface area (Å²) in [6.07, 6.45) is -2.76. The monoisotopic (exact) mass is 289 g/mol. The van der Waals surface area contributed by atoms with Gasteiger partial charge in [-0.2, -0.15) is 13.2 Å². The molecule has 2 N–H and O–H groups in total. The average Bonchev–Trinajstić information content (AvgIpc) is 2.43. The van der Waals surface area contributed by atoms with Crippen LogP contribution in [0.3, 0.4) is 0 Å². The molecule has 0 aliphatic rings. The van der Waals surface area contributed by atoms with Crippen LogP contribution in [0, 0.1) is 5.41 Å². The Bertz CT molecular complexity index is 406. The van der Waals surface area contributed by atoms with Crippen molar-refractivity contribution in [3.05, 3.63) is 35.4 Å². The SMILES string of the molecule is CCC(CC)(CO)CNCc1ccccc1C(F)(F)F. The fraction of sp³-hybridized carbons (Fsp3) is 0.600. The Morgan fingerprint density at radius 3 is 2.20 bits per heavy atom. The first-order chi connectivity index (χ1) is 9.38. The van der Waals surface area contributed by atoms with E-state index in [2.05, 4.69) is 5.32 Å². The Morgan fingerprint density at radius 2 is 1.70 bits per heavy atom. The molecule has 0 fully saturated rings. The predicted molar refractivity (Wildman–Crippen MR) is 73.3 cm³/mol. The van der Waals surface area contributed by atoms with E-state index in [1.54, 1.807) is 6.07 Å². The lowest BCUT2D eigenvalue weighted by Crippen LogP contribution is -2.36. The first-order valence-electron chi connectivity index (χ1n) is 6.85. The molecule has 1 rings (SSSR count). The highest BCUT2D eigenvalue weighted by molar-refractivity contribution is 5.29. The normalized spacial score (nSPS) is 12.7. The Morgan fingerprint density at radius 1 is 1.10 bits per heavy atom. The molecular formula is C15H22F3NO. The largest absolute Gasteiger partial charge is 0.416 e. The van der Waals surface area contributed by atoms with Crippen LogP contribution in [0.2, 0.25) is 0 Å². The van der Waals surface area contributed by atoms with Gasteiger partial charge in [0.15, 0.2) is 0 Å². The number of alkyl halides is 3. The van der Waals surface area contributed by atoms with Crippen LogP contribution in [-0.2, 0) is 12.7 Å². The molecule has 2 nitrogen and oxygen atoms in total. The molecular weight excluding hydrogens is 267 g/mol. The van der Waals surface area contributed by atoms with Gasteiger partial charge in [-0.1, -0.05) is 32.0 Å². The van der Waals surface area contributed by atoms with E-state index in [0.717, 1.165) is 18.9 Å². The van der Waals surface area contributed by atoms with Gasteiger partial charge >= 0.3 is 6.18 Å². The second-order valence-electron chi connectivity index (χ2n) is 5.12. The molecule has 0 aliphatic carbocycles. The summed E-state index contributed by atoms with van der Waals surface area (Å²) < 4.78 is 38.5. The minimum absolute atomic E-state index is 0.0356. The molecule has 0 aromatic heterocycles. The molecule has 114 valence electrons. The summed E-state index contributed by atoms with van der Waals surface area (Å²) in [4.78, 5) is 0. The second-order valence-corrected chi connectivity index (χ2v) is 5.12. The molecule has 1 aromatic rings. The third kappa shape index (κ3) is 4.21. The van der Waals surface area contributed by atoms with Crippen LogP contribution in [0.15, 0.2) is 24.3 Å². The summed E-state index contributed by atoms with van der Waals surface area (Å²) in [6.45, 7) is 4.64. The summed E-state index contributed by atoms with van der Waals surface area (Å²) in [5.74, 6) is 0. The van der Waals surface area contributed by atoms with E-state index in [-0.39, 0.29) is 24.1 Å². The lowest BCUT2D eigenvalue weighted by Gasteiger charge is -2.29. The molecule has 5 heteroatoms. The highest BCUT2D eigenvalue weighted by Crippen LogP contribution is 2.32. The topological polar surface area (TPSA) is 32.3 Å². The molecule has 0 saturated heterocycles. The molecule has 0 amide bonds. The predicted octanol–water partition coefficient (Wildman–Crippen LogP) is 3.59. The van der Waals surface area contributed by atoms with Crippen LogP contribution in [-0.4, -0.2) is 18.3 Å². The second kappa shape index (κ2) is 7.09. The zero-order valence-corrected chi connectivity index (χ0v) is 11.9. The van der Waals surface area contributed by atoms with E-state index in [1.807, 2.05) is 13.8 Å². The van der Waals surface area contributed by atoms with Crippen LogP contribution in [0.25, 0.3) is 0 Å². The van der Waals surface area contributed by atoms with Gasteiger partial charge in [-0.25, -0.2) is 0 Å². The average molecular weight is 289 g/mol. The number of hydrogen-bond acceptors (Lipinski definition) is 2. The van der Waals surface area contributed by atoms with Crippen molar-refractivity contribution >= 4 is 0 Å². The maximum atomic E-state index is 12.8. The van der Waals surface area contributed by atoms with Crippen molar-refractivity contribution < 1.29 is 18.3 Å². The van der Waals surface area contributed by atoms with E-state index >= 15 is 0 Å². The van der Waals surface area contributed by atoms with Gasteiger partial charge in [-0.3, -0.25) is 0 Å². The van der Waals surface area contributed by atoms with Crippen molar-refractivity contribution in [2.45, 2.75) is 39.4 Å². The van der Waals surface area contributed by atoms with Crippen molar-refractivity contribution in [3.8, 4) is 0 Å². The molecule has 0 spiro atoms. The van der Waals surface area contributed by atoms with E-state index in [0.29, 0.717) is 6.54 Å². The summed E-state index contributed by atoms with van der Waals surface area (Å²) in [7, 11) is 0. The molecule has 1 aromatic carbocycles. The molecule has 0 aliphatic heterocycles. The van der Waals surface area contributed by atoms with Crippen LogP contribution >= 0.6 is 0 Å². The van der Waals surface area contributed by atoms with Crippen molar-refractivity contribution in [2.24, 2.45) is 5.41 Å². The third-order valence-electron chi connectivity index (χ3n) is 3.97. The van der Waals surface area contributed by atoms with E-state index in [4.69, 9.17) is 0 Å². The summed E-state index contributed by atoms with van der Waals surface area (Å²) in [5.41, 5.74) is -0.623. The number of aliphatic hydroxyl groups excluding tert-OH is 1. The molecule has 0 atom stereocenters. The van der Waals surface area contributed by atoms with Gasteiger partial charge < -0.3 is 10.4 Å². The van der Waals surface area contributed by atoms with Crippen molar-refractivity contribution in [1.82, 2.24) is 5.32 Å². The van der Waals surface area contributed by atoms with Crippen molar-refractivity contribution in [1.29, 1.82) is 0 Å². The lowest BCUT2D eigenvalue weighted by atomic mass is 9.83. The standard InChI is InChI=1S/C15H22F3NO/c1-3-14(4-2,11-20)10-19-9-12-7-5-6-8-13(12)15(16,17)18/h5-8,19-20H,3-4,9-11H2,1-2H3. The summed E-state index contributed by atoms with van der Waals surface area (Å²) in [6, 6.07) is 5.57. The molecule has 0 unspecified atom stereocenters. The van der Waals surface area contributed by atoms with Crippen LogP contribution in [0.1, 0.15) is 37.8 Å². The van der Waals surface area contributed by atoms with Gasteiger partial charge in [0.2, 0.25) is 0 Å². The molecule has 0 saturated carbocycles. The highest BCUT2D eigenvalue weighted by atomic mass is 19.4. The molecule has 0 radical (unpaired) electrons. The highest BCUT2D eigenvalue weighted by Gasteiger charge is 2.33. The van der Waals surface area contributed by atoms with Crippen LogP contribution in [0.5, 0.6) is 0 Å². The maximum Gasteiger partial charge on any atom is 0.416 e. The van der Waals surface area contributed by atoms with Gasteiger partial charge in [0.25, 0.3) is 0 Å². The Labute approximate surface area is 118 Å².